The molecule has 0 amide bonds. The molecule has 5 heteroatoms. The third-order valence-corrected chi connectivity index (χ3v) is 4.17. The minimum atomic E-state index is 0.193. The lowest BCUT2D eigenvalue weighted by molar-refractivity contribution is -0.120. The first-order valence-electron chi connectivity index (χ1n) is 8.34. The Morgan fingerprint density at radius 1 is 1.25 bits per heavy atom. The van der Waals surface area contributed by atoms with Crippen molar-refractivity contribution in [2.45, 2.75) is 12.5 Å². The summed E-state index contributed by atoms with van der Waals surface area (Å²) in [4.78, 5) is 18.7. The van der Waals surface area contributed by atoms with Gasteiger partial charge in [-0.1, -0.05) is 30.3 Å². The normalized spacial score (nSPS) is 18.2. The van der Waals surface area contributed by atoms with E-state index in [0.29, 0.717) is 19.6 Å². The lowest BCUT2D eigenvalue weighted by Crippen LogP contribution is -2.55. The fourth-order valence-electron chi connectivity index (χ4n) is 2.91. The summed E-state index contributed by atoms with van der Waals surface area (Å²) in [6.07, 6.45) is 3.92. The zero-order chi connectivity index (χ0) is 16.6. The van der Waals surface area contributed by atoms with E-state index in [-0.39, 0.29) is 11.8 Å². The van der Waals surface area contributed by atoms with Gasteiger partial charge in [-0.2, -0.15) is 0 Å². The standard InChI is InChI=1S/C19H23N3O2/c23-18(11-16-5-2-1-3-6-16)14-22-10-9-21-12-17(22)15-24-19-7-4-8-20-13-19/h1-8,13,17,21H,9-12,14-15H2. The Balaban J connectivity index is 1.53. The number of carbonyl (C=O) groups excluding carboxylic acids is 1. The Bertz CT molecular complexity index is 634. The number of ketones is 1. The third kappa shape index (κ3) is 4.88. The predicted octanol–water partition coefficient (Wildman–Crippen LogP) is 1.55. The van der Waals surface area contributed by atoms with Gasteiger partial charge in [0.1, 0.15) is 12.4 Å². The van der Waals surface area contributed by atoms with E-state index in [1.54, 1.807) is 12.4 Å². The molecule has 0 aliphatic carbocycles. The zero-order valence-corrected chi connectivity index (χ0v) is 13.7. The van der Waals surface area contributed by atoms with E-state index in [2.05, 4.69) is 15.2 Å². The number of carbonyl (C=O) groups is 1. The summed E-state index contributed by atoms with van der Waals surface area (Å²) in [5.74, 6) is 1.01. The number of ether oxygens (including phenoxy) is 1. The molecule has 1 aromatic heterocycles. The van der Waals surface area contributed by atoms with Crippen molar-refractivity contribution in [1.29, 1.82) is 0 Å². The smallest absolute Gasteiger partial charge is 0.151 e. The highest BCUT2D eigenvalue weighted by molar-refractivity contribution is 5.82. The highest BCUT2D eigenvalue weighted by atomic mass is 16.5. The largest absolute Gasteiger partial charge is 0.490 e. The van der Waals surface area contributed by atoms with Crippen LogP contribution in [0.25, 0.3) is 0 Å². The van der Waals surface area contributed by atoms with Crippen LogP contribution in [0.1, 0.15) is 5.56 Å². The van der Waals surface area contributed by atoms with Gasteiger partial charge in [-0.3, -0.25) is 14.7 Å². The molecule has 1 unspecified atom stereocenters. The lowest BCUT2D eigenvalue weighted by Gasteiger charge is -2.35. The maximum Gasteiger partial charge on any atom is 0.151 e. The van der Waals surface area contributed by atoms with Crippen LogP contribution < -0.4 is 10.1 Å². The van der Waals surface area contributed by atoms with Gasteiger partial charge in [-0.05, 0) is 17.7 Å². The van der Waals surface area contributed by atoms with Gasteiger partial charge in [0.15, 0.2) is 5.78 Å². The fraction of sp³-hybridized carbons (Fsp3) is 0.368. The molecule has 1 aromatic carbocycles. The molecule has 3 rings (SSSR count). The second-order valence-electron chi connectivity index (χ2n) is 6.03. The van der Waals surface area contributed by atoms with Crippen molar-refractivity contribution in [2.75, 3.05) is 32.8 Å². The Kier molecular flexibility index (Phi) is 5.93. The van der Waals surface area contributed by atoms with Gasteiger partial charge in [0.25, 0.3) is 0 Å². The van der Waals surface area contributed by atoms with E-state index in [9.17, 15) is 4.79 Å². The van der Waals surface area contributed by atoms with Gasteiger partial charge < -0.3 is 10.1 Å². The first kappa shape index (κ1) is 16.6. The summed E-state index contributed by atoms with van der Waals surface area (Å²) >= 11 is 0. The SMILES string of the molecule is O=C(Cc1ccccc1)CN1CCNCC1COc1cccnc1. The minimum Gasteiger partial charge on any atom is -0.490 e. The van der Waals surface area contributed by atoms with Crippen LogP contribution in [0.15, 0.2) is 54.9 Å². The Hall–Kier alpha value is -2.24. The molecule has 24 heavy (non-hydrogen) atoms. The second-order valence-corrected chi connectivity index (χ2v) is 6.03. The van der Waals surface area contributed by atoms with Crippen LogP contribution in [0.3, 0.4) is 0 Å². The second kappa shape index (κ2) is 8.57. The number of nitrogens with one attached hydrogen (secondary N) is 1. The molecular formula is C19H23N3O2. The number of piperazine rings is 1. The van der Waals surface area contributed by atoms with Crippen LogP contribution in [-0.2, 0) is 11.2 Å². The summed E-state index contributed by atoms with van der Waals surface area (Å²) in [6.45, 7) is 3.62. The van der Waals surface area contributed by atoms with E-state index in [0.717, 1.165) is 30.9 Å². The van der Waals surface area contributed by atoms with Crippen LogP contribution in [0, 0.1) is 0 Å². The van der Waals surface area contributed by atoms with Gasteiger partial charge in [0, 0.05) is 32.3 Å². The molecule has 1 aliphatic heterocycles. The van der Waals surface area contributed by atoms with Crippen LogP contribution in [-0.4, -0.2) is 54.5 Å². The van der Waals surface area contributed by atoms with Crippen LogP contribution in [0.4, 0.5) is 0 Å². The van der Waals surface area contributed by atoms with Gasteiger partial charge in [0.2, 0.25) is 0 Å². The number of hydrogen-bond acceptors (Lipinski definition) is 5. The summed E-state index contributed by atoms with van der Waals surface area (Å²) in [6, 6.07) is 13.9. The van der Waals surface area contributed by atoms with Crippen molar-refractivity contribution >= 4 is 5.78 Å². The number of rotatable bonds is 7. The number of benzene rings is 1. The molecule has 1 atom stereocenters. The number of nitrogens with zero attached hydrogens (tertiary/aromatic N) is 2. The number of aromatic nitrogens is 1. The van der Waals surface area contributed by atoms with Crippen molar-refractivity contribution in [3.8, 4) is 5.75 Å². The van der Waals surface area contributed by atoms with Gasteiger partial charge in [0.05, 0.1) is 18.8 Å². The summed E-state index contributed by atoms with van der Waals surface area (Å²) in [5, 5.41) is 3.38. The Morgan fingerprint density at radius 2 is 2.12 bits per heavy atom. The molecule has 0 saturated carbocycles. The maximum absolute atomic E-state index is 12.4. The molecule has 1 fully saturated rings. The Morgan fingerprint density at radius 3 is 2.92 bits per heavy atom. The van der Waals surface area contributed by atoms with Crippen LogP contribution in [0.5, 0.6) is 5.75 Å². The molecule has 2 heterocycles. The topological polar surface area (TPSA) is 54.5 Å². The monoisotopic (exact) mass is 325 g/mol. The molecule has 0 radical (unpaired) electrons. The molecule has 126 valence electrons. The molecular weight excluding hydrogens is 302 g/mol. The summed E-state index contributed by atoms with van der Waals surface area (Å²) < 4.78 is 5.82. The number of Topliss-reactive ketones (excluding diaryl/α,β-unsaturated/α-hetero) is 1. The molecule has 1 saturated heterocycles. The van der Waals surface area contributed by atoms with E-state index in [1.165, 1.54) is 0 Å². The zero-order valence-electron chi connectivity index (χ0n) is 13.7. The quantitative estimate of drug-likeness (QED) is 0.837. The first-order chi connectivity index (χ1) is 11.8. The summed E-state index contributed by atoms with van der Waals surface area (Å²) in [5.41, 5.74) is 1.07. The molecule has 0 spiro atoms. The highest BCUT2D eigenvalue weighted by Gasteiger charge is 2.24. The minimum absolute atomic E-state index is 0.193. The first-order valence-corrected chi connectivity index (χ1v) is 8.34. The number of hydrogen-bond donors (Lipinski definition) is 1. The van der Waals surface area contributed by atoms with Crippen molar-refractivity contribution in [2.24, 2.45) is 0 Å². The van der Waals surface area contributed by atoms with Crippen LogP contribution in [0.2, 0.25) is 0 Å². The molecule has 5 nitrogen and oxygen atoms in total. The molecule has 1 N–H and O–H groups in total. The average molecular weight is 325 g/mol. The predicted molar refractivity (Wildman–Crippen MR) is 93.1 cm³/mol. The van der Waals surface area contributed by atoms with Gasteiger partial charge >= 0.3 is 0 Å². The van der Waals surface area contributed by atoms with E-state index >= 15 is 0 Å². The summed E-state index contributed by atoms with van der Waals surface area (Å²) in [7, 11) is 0. The molecule has 2 aromatic rings. The van der Waals surface area contributed by atoms with Crippen molar-refractivity contribution in [3.05, 3.63) is 60.4 Å². The van der Waals surface area contributed by atoms with E-state index < -0.39 is 0 Å². The fourth-order valence-corrected chi connectivity index (χ4v) is 2.91. The molecule has 1 aliphatic rings. The maximum atomic E-state index is 12.4. The van der Waals surface area contributed by atoms with Crippen molar-refractivity contribution in [1.82, 2.24) is 15.2 Å². The van der Waals surface area contributed by atoms with Crippen molar-refractivity contribution < 1.29 is 9.53 Å². The highest BCUT2D eigenvalue weighted by Crippen LogP contribution is 2.11. The number of pyridine rings is 1. The van der Waals surface area contributed by atoms with E-state index in [4.69, 9.17) is 4.74 Å². The average Bonchev–Trinajstić information content (AvgIpc) is 2.63. The lowest BCUT2D eigenvalue weighted by atomic mass is 10.1. The third-order valence-electron chi connectivity index (χ3n) is 4.17. The molecule has 0 bridgehead atoms. The van der Waals surface area contributed by atoms with E-state index in [1.807, 2.05) is 42.5 Å². The van der Waals surface area contributed by atoms with Gasteiger partial charge in [-0.15, -0.1) is 0 Å². The Labute approximate surface area is 142 Å². The van der Waals surface area contributed by atoms with Crippen LogP contribution >= 0.6 is 0 Å². The van der Waals surface area contributed by atoms with Gasteiger partial charge in [-0.25, -0.2) is 0 Å². The van der Waals surface area contributed by atoms with Crippen molar-refractivity contribution in [3.63, 3.8) is 0 Å².